The molecular formula is C40H41P3. The molecule has 0 nitrogen and oxygen atoms in total. The van der Waals surface area contributed by atoms with Crippen molar-refractivity contribution < 1.29 is 0 Å². The molecule has 5 aromatic rings. The van der Waals surface area contributed by atoms with Crippen molar-refractivity contribution in [2.24, 2.45) is 0 Å². The Morgan fingerprint density at radius 2 is 0.698 bits per heavy atom. The molecule has 7 rings (SSSR count). The zero-order valence-electron chi connectivity index (χ0n) is 24.9. The van der Waals surface area contributed by atoms with Crippen LogP contribution in [0.25, 0.3) is 0 Å². The highest BCUT2D eigenvalue weighted by molar-refractivity contribution is 7.86. The molecule has 0 N–H and O–H groups in total. The van der Waals surface area contributed by atoms with E-state index in [2.05, 4.69) is 140 Å². The Morgan fingerprint density at radius 3 is 1.09 bits per heavy atom. The molecule has 2 fully saturated rings. The lowest BCUT2D eigenvalue weighted by molar-refractivity contribution is 0.836. The quantitative estimate of drug-likeness (QED) is 0.147. The summed E-state index contributed by atoms with van der Waals surface area (Å²) in [5.74, 6) is 0. The van der Waals surface area contributed by atoms with Crippen molar-refractivity contribution in [3.05, 3.63) is 140 Å². The minimum atomic E-state index is -0.730. The van der Waals surface area contributed by atoms with Gasteiger partial charge in [-0.1, -0.05) is 173 Å². The van der Waals surface area contributed by atoms with Crippen LogP contribution in [-0.4, -0.2) is 11.3 Å². The summed E-state index contributed by atoms with van der Waals surface area (Å²) in [5, 5.41) is 10.8. The van der Waals surface area contributed by atoms with Crippen LogP contribution in [0.2, 0.25) is 0 Å². The number of benzene rings is 5. The molecule has 0 radical (unpaired) electrons. The lowest BCUT2D eigenvalue weighted by Crippen LogP contribution is -2.43. The van der Waals surface area contributed by atoms with Crippen LogP contribution < -0.4 is 37.1 Å². The standard InChI is InChI=1S/C40H41P3/c1-5-18-32(19-6-1)41(33-20-7-2-8-21-33)38-30-17-31-39(42(34-26-13-14-27-34)35-28-15-16-29-35)40(38)43(36-22-9-3-10-23-36)37-24-11-4-12-25-37/h1-12,17-25,30-31,34-35H,13-16,26-29H2. The SMILES string of the molecule is c1ccc(P(c2ccccc2)c2cccc(P(C3CCCC3)C3CCCC3)c2P(c2ccccc2)c2ccccc2)cc1. The summed E-state index contributed by atoms with van der Waals surface area (Å²) < 4.78 is 0. The summed E-state index contributed by atoms with van der Waals surface area (Å²) in [6.45, 7) is 0. The van der Waals surface area contributed by atoms with Crippen molar-refractivity contribution in [3.63, 3.8) is 0 Å². The first kappa shape index (κ1) is 29.1. The molecule has 0 amide bonds. The van der Waals surface area contributed by atoms with Crippen LogP contribution in [0.15, 0.2) is 140 Å². The van der Waals surface area contributed by atoms with E-state index in [-0.39, 0.29) is 7.92 Å². The van der Waals surface area contributed by atoms with E-state index in [0.29, 0.717) is 0 Å². The third-order valence-corrected chi connectivity index (χ3v) is 18.2. The first-order chi connectivity index (χ1) is 21.4. The van der Waals surface area contributed by atoms with E-state index in [1.54, 1.807) is 15.9 Å². The third-order valence-electron chi connectivity index (χ3n) is 9.23. The topological polar surface area (TPSA) is 0 Å². The zero-order chi connectivity index (χ0) is 28.8. The van der Waals surface area contributed by atoms with Crippen molar-refractivity contribution in [2.75, 3.05) is 0 Å². The summed E-state index contributed by atoms with van der Waals surface area (Å²) in [6, 6.07) is 53.3. The Bertz CT molecular complexity index is 1480. The van der Waals surface area contributed by atoms with Crippen molar-refractivity contribution in [1.82, 2.24) is 0 Å². The lowest BCUT2D eigenvalue weighted by atomic mass is 10.3. The minimum absolute atomic E-state index is 0.244. The predicted molar refractivity (Wildman–Crippen MR) is 195 cm³/mol. The van der Waals surface area contributed by atoms with Crippen LogP contribution >= 0.6 is 23.8 Å². The molecule has 2 aliphatic carbocycles. The van der Waals surface area contributed by atoms with Gasteiger partial charge < -0.3 is 0 Å². The fourth-order valence-corrected chi connectivity index (χ4v) is 17.2. The van der Waals surface area contributed by atoms with Gasteiger partial charge in [-0.05, 0) is 84.7 Å². The smallest absolute Gasteiger partial charge is 0.000965 e. The Kier molecular flexibility index (Phi) is 9.48. The second-order valence-electron chi connectivity index (χ2n) is 11.9. The van der Waals surface area contributed by atoms with Crippen LogP contribution in [0.1, 0.15) is 51.4 Å². The Morgan fingerprint density at radius 1 is 0.349 bits per heavy atom. The highest BCUT2D eigenvalue weighted by Crippen LogP contribution is 2.57. The molecule has 0 saturated heterocycles. The van der Waals surface area contributed by atoms with Gasteiger partial charge in [0.05, 0.1) is 0 Å². The second kappa shape index (κ2) is 14.0. The maximum absolute atomic E-state index is 2.60. The van der Waals surface area contributed by atoms with Crippen molar-refractivity contribution in [3.8, 4) is 0 Å². The van der Waals surface area contributed by atoms with E-state index in [9.17, 15) is 0 Å². The maximum Gasteiger partial charge on any atom is 0.000965 e. The van der Waals surface area contributed by atoms with Gasteiger partial charge >= 0.3 is 0 Å². The highest BCUT2D eigenvalue weighted by Gasteiger charge is 2.38. The second-order valence-corrected chi connectivity index (χ2v) is 19.0. The molecule has 216 valence electrons. The number of rotatable bonds is 9. The normalized spacial score (nSPS) is 16.1. The monoisotopic (exact) mass is 614 g/mol. The fourth-order valence-electron chi connectivity index (χ4n) is 7.34. The van der Waals surface area contributed by atoms with Crippen LogP contribution in [0.4, 0.5) is 0 Å². The van der Waals surface area contributed by atoms with E-state index in [4.69, 9.17) is 0 Å². The predicted octanol–water partition coefficient (Wildman–Crippen LogP) is 8.20. The van der Waals surface area contributed by atoms with Gasteiger partial charge in [0.2, 0.25) is 0 Å². The lowest BCUT2D eigenvalue weighted by Gasteiger charge is -2.36. The van der Waals surface area contributed by atoms with Gasteiger partial charge in [0.15, 0.2) is 0 Å². The molecular weight excluding hydrogens is 573 g/mol. The largest absolute Gasteiger partial charge is 0.0682 e. The molecule has 5 aromatic carbocycles. The Balaban J connectivity index is 1.54. The van der Waals surface area contributed by atoms with E-state index in [1.807, 2.05) is 0 Å². The molecule has 0 aliphatic heterocycles. The Hall–Kier alpha value is -2.61. The molecule has 0 aromatic heterocycles. The zero-order valence-corrected chi connectivity index (χ0v) is 27.6. The highest BCUT2D eigenvalue weighted by atomic mass is 31.1. The van der Waals surface area contributed by atoms with Crippen LogP contribution in [0.3, 0.4) is 0 Å². The van der Waals surface area contributed by atoms with Gasteiger partial charge in [0.25, 0.3) is 0 Å². The molecule has 0 spiro atoms. The van der Waals surface area contributed by atoms with E-state index in [1.165, 1.54) is 72.6 Å². The van der Waals surface area contributed by atoms with Gasteiger partial charge in [-0.3, -0.25) is 0 Å². The van der Waals surface area contributed by atoms with Gasteiger partial charge in [-0.15, -0.1) is 0 Å². The molecule has 2 aliphatic rings. The number of hydrogen-bond donors (Lipinski definition) is 0. The molecule has 3 heteroatoms. The van der Waals surface area contributed by atoms with Crippen LogP contribution in [-0.2, 0) is 0 Å². The molecule has 43 heavy (non-hydrogen) atoms. The average molecular weight is 615 g/mol. The van der Waals surface area contributed by atoms with E-state index < -0.39 is 15.8 Å². The van der Waals surface area contributed by atoms with Crippen LogP contribution in [0.5, 0.6) is 0 Å². The molecule has 0 heterocycles. The van der Waals surface area contributed by atoms with Crippen molar-refractivity contribution in [1.29, 1.82) is 0 Å². The van der Waals surface area contributed by atoms with E-state index >= 15 is 0 Å². The average Bonchev–Trinajstić information content (AvgIpc) is 3.81. The summed E-state index contributed by atoms with van der Waals surface area (Å²) >= 11 is 0. The molecule has 2 saturated carbocycles. The van der Waals surface area contributed by atoms with Crippen molar-refractivity contribution >= 4 is 60.9 Å². The van der Waals surface area contributed by atoms with Gasteiger partial charge in [0, 0.05) is 5.30 Å². The number of hydrogen-bond acceptors (Lipinski definition) is 0. The molecule has 0 unspecified atom stereocenters. The van der Waals surface area contributed by atoms with Crippen LogP contribution in [0, 0.1) is 0 Å². The Labute approximate surface area is 262 Å². The van der Waals surface area contributed by atoms with Gasteiger partial charge in [0.1, 0.15) is 0 Å². The molecule has 0 atom stereocenters. The van der Waals surface area contributed by atoms with Gasteiger partial charge in [-0.25, -0.2) is 0 Å². The van der Waals surface area contributed by atoms with E-state index in [0.717, 1.165) is 11.3 Å². The summed E-state index contributed by atoms with van der Waals surface area (Å²) in [5.41, 5.74) is 1.74. The molecule has 0 bridgehead atoms. The fraction of sp³-hybridized carbons (Fsp3) is 0.250. The maximum atomic E-state index is 2.60. The first-order valence-corrected chi connectivity index (χ1v) is 20.3. The minimum Gasteiger partial charge on any atom is -0.0682 e. The summed E-state index contributed by atoms with van der Waals surface area (Å²) in [4.78, 5) is 0. The van der Waals surface area contributed by atoms with Gasteiger partial charge in [-0.2, -0.15) is 0 Å². The summed E-state index contributed by atoms with van der Waals surface area (Å²) in [7, 11) is -1.69. The summed E-state index contributed by atoms with van der Waals surface area (Å²) in [6.07, 6.45) is 11.4. The third kappa shape index (κ3) is 6.31. The first-order valence-electron chi connectivity index (χ1n) is 16.1. The van der Waals surface area contributed by atoms with Crippen molar-refractivity contribution in [2.45, 2.75) is 62.7 Å².